The Morgan fingerprint density at radius 2 is 2.06 bits per heavy atom. The largest absolute Gasteiger partial charge is 0.441 e. The second-order valence-electron chi connectivity index (χ2n) is 7.85. The molecule has 0 radical (unpaired) electrons. The van der Waals surface area contributed by atoms with Crippen molar-refractivity contribution in [2.75, 3.05) is 23.4 Å². The number of amides is 1. The Morgan fingerprint density at radius 1 is 1.23 bits per heavy atom. The van der Waals surface area contributed by atoms with Gasteiger partial charge >= 0.3 is 0 Å². The Kier molecular flexibility index (Phi) is 5.64. The van der Waals surface area contributed by atoms with Crippen molar-refractivity contribution in [2.24, 2.45) is 0 Å². The predicted molar refractivity (Wildman–Crippen MR) is 126 cm³/mol. The van der Waals surface area contributed by atoms with Crippen molar-refractivity contribution < 1.29 is 14.3 Å². The van der Waals surface area contributed by atoms with Crippen LogP contribution < -0.4 is 10.2 Å². The summed E-state index contributed by atoms with van der Waals surface area (Å²) in [7, 11) is 0. The number of thiazole rings is 1. The van der Waals surface area contributed by atoms with Crippen molar-refractivity contribution in [2.45, 2.75) is 45.1 Å². The van der Waals surface area contributed by atoms with E-state index in [1.54, 1.807) is 18.3 Å². The molecule has 4 aromatic rings. The molecule has 2 N–H and O–H groups in total. The third kappa shape index (κ3) is 4.17. The number of nitrogens with zero attached hydrogens (tertiary/aromatic N) is 3. The molecule has 1 amide bonds. The lowest BCUT2D eigenvalue weighted by Crippen LogP contribution is -2.38. The van der Waals surface area contributed by atoms with Gasteiger partial charge in [0.1, 0.15) is 10.3 Å². The number of carbonyl (C=O) groups excluding carboxylic acids is 1. The van der Waals surface area contributed by atoms with Gasteiger partial charge < -0.3 is 19.7 Å². The molecule has 3 heterocycles. The van der Waals surface area contributed by atoms with Crippen LogP contribution in [0.4, 0.5) is 10.8 Å². The zero-order chi connectivity index (χ0) is 21.4. The zero-order valence-electron chi connectivity index (χ0n) is 17.3. The first kappa shape index (κ1) is 20.4. The average Bonchev–Trinajstić information content (AvgIpc) is 3.44. The second kappa shape index (κ2) is 8.57. The average molecular weight is 457 g/mol. The van der Waals surface area contributed by atoms with Crippen LogP contribution in [0.2, 0.25) is 0 Å². The number of anilines is 2. The topological polar surface area (TPSA) is 91.5 Å². The molecule has 0 spiro atoms. The van der Waals surface area contributed by atoms with E-state index >= 15 is 0 Å². The fraction of sp³-hybridized carbons (Fsp3) is 0.409. The van der Waals surface area contributed by atoms with E-state index in [9.17, 15) is 9.90 Å². The van der Waals surface area contributed by atoms with E-state index in [1.807, 2.05) is 24.3 Å². The van der Waals surface area contributed by atoms with Crippen LogP contribution >= 0.6 is 22.7 Å². The summed E-state index contributed by atoms with van der Waals surface area (Å²) in [6.07, 6.45) is 6.05. The summed E-state index contributed by atoms with van der Waals surface area (Å²) in [6, 6.07) is 7.79. The van der Waals surface area contributed by atoms with Gasteiger partial charge in [-0.3, -0.25) is 4.79 Å². The number of nitrogens with one attached hydrogen (secondary N) is 1. The normalized spacial score (nSPS) is 15.0. The van der Waals surface area contributed by atoms with Gasteiger partial charge in [0.25, 0.3) is 5.91 Å². The Balaban J connectivity index is 1.34. The van der Waals surface area contributed by atoms with Crippen LogP contribution in [0.3, 0.4) is 0 Å². The lowest BCUT2D eigenvalue weighted by Gasteiger charge is -2.33. The number of oxazole rings is 1. The molecule has 0 aliphatic heterocycles. The molecule has 0 bridgehead atoms. The highest BCUT2D eigenvalue weighted by molar-refractivity contribution is 7.29. The monoisotopic (exact) mass is 456 g/mol. The molecule has 3 aromatic heterocycles. The summed E-state index contributed by atoms with van der Waals surface area (Å²) in [5, 5.41) is 13.4. The second-order valence-corrected chi connectivity index (χ2v) is 9.89. The standard InChI is InChI=1S/C22H24N4O3S2/c1-13-23-16-11-14(7-8-17(16)29-13)24-20(28)18-12-19-21(30-18)25-22(31-19)26(9-10-27)15-5-3-2-4-6-15/h7-8,11-12,15,27H,2-6,9-10H2,1H3,(H,24,28). The summed E-state index contributed by atoms with van der Waals surface area (Å²) in [5.41, 5.74) is 2.11. The Hall–Kier alpha value is -2.49. The van der Waals surface area contributed by atoms with E-state index < -0.39 is 0 Å². The van der Waals surface area contributed by atoms with Gasteiger partial charge in [-0.05, 0) is 37.1 Å². The number of rotatable bonds is 6. The summed E-state index contributed by atoms with van der Waals surface area (Å²) >= 11 is 3.00. The molecule has 1 aliphatic carbocycles. The third-order valence-corrected chi connectivity index (χ3v) is 7.85. The number of carbonyl (C=O) groups is 1. The van der Waals surface area contributed by atoms with Crippen LogP contribution in [0.15, 0.2) is 28.7 Å². The van der Waals surface area contributed by atoms with E-state index in [2.05, 4.69) is 15.2 Å². The highest BCUT2D eigenvalue weighted by Gasteiger charge is 2.24. The highest BCUT2D eigenvalue weighted by atomic mass is 32.1. The maximum Gasteiger partial charge on any atom is 0.265 e. The van der Waals surface area contributed by atoms with Gasteiger partial charge in [-0.15, -0.1) is 11.3 Å². The number of aliphatic hydroxyl groups excluding tert-OH is 1. The highest BCUT2D eigenvalue weighted by Crippen LogP contribution is 2.37. The minimum atomic E-state index is -0.157. The van der Waals surface area contributed by atoms with Crippen LogP contribution in [-0.4, -0.2) is 40.2 Å². The first-order valence-corrected chi connectivity index (χ1v) is 12.2. The molecule has 1 saturated carbocycles. The number of aliphatic hydroxyl groups is 1. The summed E-state index contributed by atoms with van der Waals surface area (Å²) in [6.45, 7) is 2.52. The van der Waals surface area contributed by atoms with Crippen LogP contribution in [-0.2, 0) is 0 Å². The predicted octanol–water partition coefficient (Wildman–Crippen LogP) is 5.19. The van der Waals surface area contributed by atoms with Gasteiger partial charge in [-0.1, -0.05) is 30.6 Å². The molecule has 0 unspecified atom stereocenters. The van der Waals surface area contributed by atoms with Crippen molar-refractivity contribution in [1.29, 1.82) is 0 Å². The summed E-state index contributed by atoms with van der Waals surface area (Å²) in [4.78, 5) is 25.7. The molecule has 31 heavy (non-hydrogen) atoms. The summed E-state index contributed by atoms with van der Waals surface area (Å²) in [5.74, 6) is 0.443. The van der Waals surface area contributed by atoms with E-state index in [1.165, 1.54) is 30.6 Å². The molecule has 1 aliphatic rings. The maximum atomic E-state index is 12.8. The van der Waals surface area contributed by atoms with E-state index in [0.717, 1.165) is 33.0 Å². The van der Waals surface area contributed by atoms with Gasteiger partial charge in [-0.2, -0.15) is 0 Å². The quantitative estimate of drug-likeness (QED) is 0.415. The minimum Gasteiger partial charge on any atom is -0.441 e. The third-order valence-electron chi connectivity index (χ3n) is 5.66. The number of aromatic nitrogens is 2. The first-order chi connectivity index (χ1) is 15.1. The molecule has 0 saturated heterocycles. The molecule has 0 atom stereocenters. The fourth-order valence-electron chi connectivity index (χ4n) is 4.21. The minimum absolute atomic E-state index is 0.118. The number of benzene rings is 1. The van der Waals surface area contributed by atoms with Crippen molar-refractivity contribution in [3.05, 3.63) is 35.0 Å². The zero-order valence-corrected chi connectivity index (χ0v) is 18.9. The van der Waals surface area contributed by atoms with E-state index in [-0.39, 0.29) is 12.5 Å². The molecule has 1 fully saturated rings. The SMILES string of the molecule is Cc1nc2cc(NC(=O)c3cc4sc(N(CCO)C5CCCCC5)nc4s3)ccc2o1. The molecule has 5 rings (SSSR count). The van der Waals surface area contributed by atoms with Gasteiger partial charge in [0.15, 0.2) is 16.6 Å². The molecule has 1 aromatic carbocycles. The lowest BCUT2D eigenvalue weighted by molar-refractivity contribution is 0.103. The smallest absolute Gasteiger partial charge is 0.265 e. The maximum absolute atomic E-state index is 12.8. The summed E-state index contributed by atoms with van der Waals surface area (Å²) < 4.78 is 6.49. The number of aryl methyl sites for hydroxylation is 1. The van der Waals surface area contributed by atoms with E-state index in [4.69, 9.17) is 9.40 Å². The van der Waals surface area contributed by atoms with Crippen molar-refractivity contribution in [3.63, 3.8) is 0 Å². The van der Waals surface area contributed by atoms with Crippen molar-refractivity contribution >= 4 is 60.0 Å². The van der Waals surface area contributed by atoms with Crippen LogP contribution in [0.5, 0.6) is 0 Å². The van der Waals surface area contributed by atoms with Gasteiger partial charge in [0.05, 0.1) is 16.2 Å². The van der Waals surface area contributed by atoms with Crippen molar-refractivity contribution in [1.82, 2.24) is 9.97 Å². The van der Waals surface area contributed by atoms with Gasteiger partial charge in [0, 0.05) is 25.2 Å². The molecule has 7 nitrogen and oxygen atoms in total. The van der Waals surface area contributed by atoms with Crippen LogP contribution in [0, 0.1) is 6.92 Å². The lowest BCUT2D eigenvalue weighted by atomic mass is 9.94. The molecule has 9 heteroatoms. The van der Waals surface area contributed by atoms with Crippen molar-refractivity contribution in [3.8, 4) is 0 Å². The van der Waals surface area contributed by atoms with E-state index in [0.29, 0.717) is 34.6 Å². The number of thiophene rings is 1. The Labute approximate surface area is 187 Å². The Morgan fingerprint density at radius 3 is 2.84 bits per heavy atom. The number of hydrogen-bond donors (Lipinski definition) is 2. The van der Waals surface area contributed by atoms with Crippen LogP contribution in [0.1, 0.15) is 47.7 Å². The van der Waals surface area contributed by atoms with Gasteiger partial charge in [-0.25, -0.2) is 9.97 Å². The molecule has 162 valence electrons. The molecular weight excluding hydrogens is 432 g/mol. The van der Waals surface area contributed by atoms with Gasteiger partial charge in [0.2, 0.25) is 0 Å². The first-order valence-electron chi connectivity index (χ1n) is 10.6. The fourth-order valence-corrected chi connectivity index (χ4v) is 6.41. The number of hydrogen-bond acceptors (Lipinski definition) is 8. The van der Waals surface area contributed by atoms with Crippen LogP contribution in [0.25, 0.3) is 20.6 Å². The Bertz CT molecular complexity index is 1190. The number of fused-ring (bicyclic) bond motifs is 2. The molecular formula is C22H24N4O3S2.